The lowest BCUT2D eigenvalue weighted by Crippen LogP contribution is -2.38. The number of rotatable bonds is 3. The first kappa shape index (κ1) is 12.5. The minimum Gasteiger partial charge on any atom is -0.411 e. The molecule has 1 fully saturated rings. The Morgan fingerprint density at radius 2 is 1.84 bits per heavy atom. The van der Waals surface area contributed by atoms with Crippen molar-refractivity contribution in [2.45, 2.75) is 19.3 Å². The SMILES string of the molecule is O/N=C1/CCN(CCN2CCCC2)c2ccccc21. The van der Waals surface area contributed by atoms with Crippen LogP contribution in [0.2, 0.25) is 0 Å². The first-order chi connectivity index (χ1) is 9.38. The van der Waals surface area contributed by atoms with Crippen LogP contribution in [0.3, 0.4) is 0 Å². The van der Waals surface area contributed by atoms with Gasteiger partial charge in [-0.2, -0.15) is 0 Å². The summed E-state index contributed by atoms with van der Waals surface area (Å²) < 4.78 is 0. The van der Waals surface area contributed by atoms with Crippen molar-refractivity contribution in [3.05, 3.63) is 29.8 Å². The van der Waals surface area contributed by atoms with Crippen LogP contribution < -0.4 is 4.90 Å². The van der Waals surface area contributed by atoms with E-state index in [1.165, 1.54) is 31.6 Å². The van der Waals surface area contributed by atoms with Gasteiger partial charge in [0.15, 0.2) is 0 Å². The van der Waals surface area contributed by atoms with Crippen molar-refractivity contribution in [3.8, 4) is 0 Å². The van der Waals surface area contributed by atoms with Crippen LogP contribution in [0.25, 0.3) is 0 Å². The average Bonchev–Trinajstić information content (AvgIpc) is 2.98. The van der Waals surface area contributed by atoms with E-state index in [4.69, 9.17) is 5.21 Å². The average molecular weight is 259 g/mol. The first-order valence-electron chi connectivity index (χ1n) is 7.16. The zero-order valence-corrected chi connectivity index (χ0v) is 11.3. The van der Waals surface area contributed by atoms with Gasteiger partial charge in [-0.1, -0.05) is 23.4 Å². The number of benzene rings is 1. The molecule has 0 bridgehead atoms. The third kappa shape index (κ3) is 2.59. The highest BCUT2D eigenvalue weighted by Gasteiger charge is 2.22. The third-order valence-corrected chi connectivity index (χ3v) is 4.18. The minimum atomic E-state index is 0.813. The summed E-state index contributed by atoms with van der Waals surface area (Å²) in [6, 6.07) is 8.24. The summed E-state index contributed by atoms with van der Waals surface area (Å²) in [5, 5.41) is 12.5. The quantitative estimate of drug-likeness (QED) is 0.668. The van der Waals surface area contributed by atoms with Crippen LogP contribution in [-0.2, 0) is 0 Å². The molecular formula is C15H21N3O. The number of anilines is 1. The molecule has 0 aromatic heterocycles. The summed E-state index contributed by atoms with van der Waals surface area (Å²) in [5.41, 5.74) is 3.10. The molecule has 1 aromatic carbocycles. The molecule has 1 N–H and O–H groups in total. The molecule has 2 heterocycles. The van der Waals surface area contributed by atoms with E-state index in [0.717, 1.165) is 37.3 Å². The highest BCUT2D eigenvalue weighted by Crippen LogP contribution is 2.27. The lowest BCUT2D eigenvalue weighted by molar-refractivity contribution is 0.317. The van der Waals surface area contributed by atoms with Crippen LogP contribution in [0.15, 0.2) is 29.4 Å². The molecule has 0 unspecified atom stereocenters. The highest BCUT2D eigenvalue weighted by molar-refractivity contribution is 6.06. The van der Waals surface area contributed by atoms with Crippen molar-refractivity contribution in [3.63, 3.8) is 0 Å². The molecule has 0 saturated carbocycles. The summed E-state index contributed by atoms with van der Waals surface area (Å²) in [6.45, 7) is 5.65. The second-order valence-electron chi connectivity index (χ2n) is 5.35. The number of oxime groups is 1. The van der Waals surface area contributed by atoms with Crippen molar-refractivity contribution < 1.29 is 5.21 Å². The lowest BCUT2D eigenvalue weighted by Gasteiger charge is -2.32. The van der Waals surface area contributed by atoms with Gasteiger partial charge in [0, 0.05) is 37.3 Å². The van der Waals surface area contributed by atoms with Crippen molar-refractivity contribution >= 4 is 11.4 Å². The van der Waals surface area contributed by atoms with Gasteiger partial charge in [-0.3, -0.25) is 0 Å². The second kappa shape index (κ2) is 5.61. The number of nitrogens with zero attached hydrogens (tertiary/aromatic N) is 3. The zero-order chi connectivity index (χ0) is 13.1. The molecule has 0 spiro atoms. The summed E-state index contributed by atoms with van der Waals surface area (Å²) >= 11 is 0. The Morgan fingerprint density at radius 1 is 1.05 bits per heavy atom. The Balaban J connectivity index is 1.72. The Labute approximate surface area is 114 Å². The number of para-hydroxylation sites is 1. The largest absolute Gasteiger partial charge is 0.411 e. The van der Waals surface area contributed by atoms with E-state index in [-0.39, 0.29) is 0 Å². The van der Waals surface area contributed by atoms with Crippen molar-refractivity contribution in [2.75, 3.05) is 37.6 Å². The van der Waals surface area contributed by atoms with E-state index in [1.807, 2.05) is 12.1 Å². The molecule has 4 heteroatoms. The van der Waals surface area contributed by atoms with Crippen molar-refractivity contribution in [1.82, 2.24) is 4.90 Å². The number of hydrogen-bond donors (Lipinski definition) is 1. The van der Waals surface area contributed by atoms with Gasteiger partial charge in [-0.25, -0.2) is 0 Å². The molecule has 0 atom stereocenters. The van der Waals surface area contributed by atoms with Gasteiger partial charge in [-0.15, -0.1) is 0 Å². The van der Waals surface area contributed by atoms with Gasteiger partial charge in [-0.05, 0) is 32.0 Å². The molecule has 0 amide bonds. The first-order valence-corrected chi connectivity index (χ1v) is 7.16. The van der Waals surface area contributed by atoms with Crippen LogP contribution >= 0.6 is 0 Å². The van der Waals surface area contributed by atoms with Crippen LogP contribution in [-0.4, -0.2) is 48.5 Å². The maximum absolute atomic E-state index is 9.09. The van der Waals surface area contributed by atoms with Gasteiger partial charge < -0.3 is 15.0 Å². The van der Waals surface area contributed by atoms with Gasteiger partial charge in [0.05, 0.1) is 5.71 Å². The molecule has 1 saturated heterocycles. The maximum Gasteiger partial charge on any atom is 0.0906 e. The molecule has 4 nitrogen and oxygen atoms in total. The molecule has 2 aliphatic heterocycles. The summed E-state index contributed by atoms with van der Waals surface area (Å²) in [5.74, 6) is 0. The second-order valence-corrected chi connectivity index (χ2v) is 5.35. The molecule has 1 aromatic rings. The van der Waals surface area contributed by atoms with E-state index in [9.17, 15) is 0 Å². The molecule has 19 heavy (non-hydrogen) atoms. The van der Waals surface area contributed by atoms with Crippen LogP contribution in [0.4, 0.5) is 5.69 Å². The fourth-order valence-electron chi connectivity index (χ4n) is 3.09. The number of hydrogen-bond acceptors (Lipinski definition) is 4. The zero-order valence-electron chi connectivity index (χ0n) is 11.3. The van der Waals surface area contributed by atoms with E-state index < -0.39 is 0 Å². The summed E-state index contributed by atoms with van der Waals surface area (Å²) in [6.07, 6.45) is 3.52. The highest BCUT2D eigenvalue weighted by atomic mass is 16.4. The van der Waals surface area contributed by atoms with Crippen molar-refractivity contribution in [2.24, 2.45) is 5.16 Å². The van der Waals surface area contributed by atoms with Crippen LogP contribution in [0, 0.1) is 0 Å². The normalized spacial score (nSPS) is 21.9. The molecule has 2 aliphatic rings. The minimum absolute atomic E-state index is 0.813. The Kier molecular flexibility index (Phi) is 3.69. The lowest BCUT2D eigenvalue weighted by atomic mass is 10.00. The van der Waals surface area contributed by atoms with E-state index in [2.05, 4.69) is 27.1 Å². The molecular weight excluding hydrogens is 238 g/mol. The summed E-state index contributed by atoms with van der Waals surface area (Å²) in [4.78, 5) is 4.96. The van der Waals surface area contributed by atoms with Gasteiger partial charge in [0.25, 0.3) is 0 Å². The monoisotopic (exact) mass is 259 g/mol. The van der Waals surface area contributed by atoms with E-state index in [0.29, 0.717) is 0 Å². The molecule has 3 rings (SSSR count). The Hall–Kier alpha value is -1.55. The number of fused-ring (bicyclic) bond motifs is 1. The fourth-order valence-corrected chi connectivity index (χ4v) is 3.09. The van der Waals surface area contributed by atoms with Gasteiger partial charge in [0.1, 0.15) is 0 Å². The standard InChI is InChI=1S/C15H21N3O/c19-16-14-7-10-18(12-11-17-8-3-4-9-17)15-6-2-1-5-13(14)15/h1-2,5-6,19H,3-4,7-12H2/b16-14-. The van der Waals surface area contributed by atoms with Crippen LogP contribution in [0.1, 0.15) is 24.8 Å². The number of likely N-dealkylation sites (tertiary alicyclic amines) is 1. The Morgan fingerprint density at radius 3 is 2.63 bits per heavy atom. The molecule has 0 radical (unpaired) electrons. The van der Waals surface area contributed by atoms with Gasteiger partial charge in [0.2, 0.25) is 0 Å². The maximum atomic E-state index is 9.09. The predicted octanol–water partition coefficient (Wildman–Crippen LogP) is 2.17. The molecule has 0 aliphatic carbocycles. The smallest absolute Gasteiger partial charge is 0.0906 e. The van der Waals surface area contributed by atoms with Gasteiger partial charge >= 0.3 is 0 Å². The van der Waals surface area contributed by atoms with E-state index >= 15 is 0 Å². The molecule has 102 valence electrons. The van der Waals surface area contributed by atoms with Crippen LogP contribution in [0.5, 0.6) is 0 Å². The predicted molar refractivity (Wildman–Crippen MR) is 77.3 cm³/mol. The topological polar surface area (TPSA) is 39.1 Å². The van der Waals surface area contributed by atoms with E-state index in [1.54, 1.807) is 0 Å². The van der Waals surface area contributed by atoms with Crippen molar-refractivity contribution in [1.29, 1.82) is 0 Å². The fraction of sp³-hybridized carbons (Fsp3) is 0.533. The Bertz CT molecular complexity index is 466. The summed E-state index contributed by atoms with van der Waals surface area (Å²) in [7, 11) is 0. The third-order valence-electron chi connectivity index (χ3n) is 4.18.